The fraction of sp³-hybridized carbons (Fsp3) is 0.571. The Hall–Kier alpha value is -1.26. The Morgan fingerprint density at radius 2 is 1.89 bits per heavy atom. The van der Waals surface area contributed by atoms with Crippen LogP contribution in [0.25, 0.3) is 0 Å². The highest BCUT2D eigenvalue weighted by Crippen LogP contribution is 2.25. The molecule has 1 aliphatic heterocycles. The summed E-state index contributed by atoms with van der Waals surface area (Å²) in [4.78, 5) is 0. The molecule has 1 unspecified atom stereocenters. The van der Waals surface area contributed by atoms with Gasteiger partial charge in [-0.1, -0.05) is 0 Å². The molecule has 1 N–H and O–H groups in total. The van der Waals surface area contributed by atoms with E-state index in [9.17, 15) is 0 Å². The van der Waals surface area contributed by atoms with Gasteiger partial charge in [0, 0.05) is 18.2 Å². The van der Waals surface area contributed by atoms with Gasteiger partial charge in [0.2, 0.25) is 0 Å². The first kappa shape index (κ1) is 13.2. The molecular formula is C14H21NO3. The summed E-state index contributed by atoms with van der Waals surface area (Å²) in [7, 11) is 3.34. The fourth-order valence-electron chi connectivity index (χ4n) is 2.31. The van der Waals surface area contributed by atoms with Gasteiger partial charge in [0.1, 0.15) is 11.5 Å². The number of benzene rings is 1. The lowest BCUT2D eigenvalue weighted by atomic mass is 9.92. The lowest BCUT2D eigenvalue weighted by molar-refractivity contribution is 0.0355. The molecule has 1 aromatic carbocycles. The van der Waals surface area contributed by atoms with Gasteiger partial charge < -0.3 is 19.5 Å². The van der Waals surface area contributed by atoms with Crippen LogP contribution in [0.2, 0.25) is 0 Å². The van der Waals surface area contributed by atoms with E-state index < -0.39 is 0 Å². The third-order valence-corrected chi connectivity index (χ3v) is 3.22. The molecule has 2 rings (SSSR count). The molecule has 18 heavy (non-hydrogen) atoms. The normalized spacial score (nSPS) is 23.7. The summed E-state index contributed by atoms with van der Waals surface area (Å²) in [5.41, 5.74) is 1.17. The highest BCUT2D eigenvalue weighted by molar-refractivity contribution is 5.39. The molecule has 0 aliphatic carbocycles. The Labute approximate surface area is 108 Å². The first-order valence-corrected chi connectivity index (χ1v) is 6.20. The second-order valence-corrected chi connectivity index (χ2v) is 4.94. The number of nitrogens with one attached hydrogen (secondary N) is 1. The molecule has 1 atom stereocenters. The number of ether oxygens (including phenoxy) is 3. The average Bonchev–Trinajstić information content (AvgIpc) is 2.38. The maximum atomic E-state index is 5.55. The Morgan fingerprint density at radius 3 is 2.39 bits per heavy atom. The van der Waals surface area contributed by atoms with Crippen molar-refractivity contribution in [1.82, 2.24) is 5.32 Å². The lowest BCUT2D eigenvalue weighted by Crippen LogP contribution is -2.53. The number of rotatable bonds is 4. The van der Waals surface area contributed by atoms with Gasteiger partial charge in [-0.2, -0.15) is 0 Å². The largest absolute Gasteiger partial charge is 0.497 e. The van der Waals surface area contributed by atoms with Crippen LogP contribution in [0.3, 0.4) is 0 Å². The van der Waals surface area contributed by atoms with E-state index in [4.69, 9.17) is 14.2 Å². The van der Waals surface area contributed by atoms with Crippen molar-refractivity contribution >= 4 is 0 Å². The van der Waals surface area contributed by atoms with Crippen LogP contribution in [-0.4, -0.2) is 39.5 Å². The monoisotopic (exact) mass is 251 g/mol. The number of hydrogen-bond donors (Lipinski definition) is 1. The minimum absolute atomic E-state index is 0.0182. The van der Waals surface area contributed by atoms with Crippen molar-refractivity contribution in [2.24, 2.45) is 0 Å². The standard InChI is InChI=1S/C14H21NO3/c1-14(10-18-5-4-15-14)9-11-6-12(16-2)8-13(7-11)17-3/h6-8,15H,4-5,9-10H2,1-3H3. The Bertz CT molecular complexity index is 378. The van der Waals surface area contributed by atoms with E-state index in [0.29, 0.717) is 0 Å². The van der Waals surface area contributed by atoms with E-state index >= 15 is 0 Å². The molecule has 1 saturated heterocycles. The summed E-state index contributed by atoms with van der Waals surface area (Å²) in [5, 5.41) is 3.51. The van der Waals surface area contributed by atoms with Gasteiger partial charge in [0.15, 0.2) is 0 Å². The zero-order valence-electron chi connectivity index (χ0n) is 11.3. The third-order valence-electron chi connectivity index (χ3n) is 3.22. The SMILES string of the molecule is COc1cc(CC2(C)COCCN2)cc(OC)c1. The molecule has 0 spiro atoms. The van der Waals surface area contributed by atoms with Crippen molar-refractivity contribution in [3.05, 3.63) is 23.8 Å². The van der Waals surface area contributed by atoms with E-state index in [0.717, 1.165) is 37.7 Å². The summed E-state index contributed by atoms with van der Waals surface area (Å²) in [5.74, 6) is 1.65. The highest BCUT2D eigenvalue weighted by atomic mass is 16.5. The van der Waals surface area contributed by atoms with Gasteiger partial charge in [0.25, 0.3) is 0 Å². The van der Waals surface area contributed by atoms with E-state index in [2.05, 4.69) is 12.2 Å². The van der Waals surface area contributed by atoms with Gasteiger partial charge in [-0.25, -0.2) is 0 Å². The summed E-state index contributed by atoms with van der Waals surface area (Å²) in [6, 6.07) is 5.98. The molecule has 1 aliphatic rings. The van der Waals surface area contributed by atoms with Crippen molar-refractivity contribution in [3.63, 3.8) is 0 Å². The molecular weight excluding hydrogens is 230 g/mol. The van der Waals surface area contributed by atoms with Crippen molar-refractivity contribution in [1.29, 1.82) is 0 Å². The van der Waals surface area contributed by atoms with Crippen LogP contribution >= 0.6 is 0 Å². The number of methoxy groups -OCH3 is 2. The number of morpholine rings is 1. The van der Waals surface area contributed by atoms with E-state index in [1.165, 1.54) is 5.56 Å². The topological polar surface area (TPSA) is 39.7 Å². The summed E-state index contributed by atoms with van der Waals surface area (Å²) < 4.78 is 16.1. The maximum Gasteiger partial charge on any atom is 0.122 e. The zero-order chi connectivity index (χ0) is 13.0. The van der Waals surface area contributed by atoms with Gasteiger partial charge in [0.05, 0.1) is 27.4 Å². The fourth-order valence-corrected chi connectivity index (χ4v) is 2.31. The molecule has 0 saturated carbocycles. The molecule has 4 heteroatoms. The minimum atomic E-state index is -0.0182. The van der Waals surface area contributed by atoms with Crippen molar-refractivity contribution in [3.8, 4) is 11.5 Å². The molecule has 0 aromatic heterocycles. The molecule has 4 nitrogen and oxygen atoms in total. The number of hydrogen-bond acceptors (Lipinski definition) is 4. The molecule has 1 aromatic rings. The molecule has 0 bridgehead atoms. The van der Waals surface area contributed by atoms with Gasteiger partial charge >= 0.3 is 0 Å². The summed E-state index contributed by atoms with van der Waals surface area (Å²) >= 11 is 0. The molecule has 0 radical (unpaired) electrons. The molecule has 1 heterocycles. The van der Waals surface area contributed by atoms with Crippen LogP contribution in [-0.2, 0) is 11.2 Å². The molecule has 100 valence electrons. The zero-order valence-corrected chi connectivity index (χ0v) is 11.3. The smallest absolute Gasteiger partial charge is 0.122 e. The van der Waals surface area contributed by atoms with Crippen molar-refractivity contribution in [2.45, 2.75) is 18.9 Å². The Kier molecular flexibility index (Phi) is 4.09. The summed E-state index contributed by atoms with van der Waals surface area (Å²) in [6.45, 7) is 4.60. The van der Waals surface area contributed by atoms with Gasteiger partial charge in [-0.3, -0.25) is 0 Å². The van der Waals surface area contributed by atoms with Crippen molar-refractivity contribution < 1.29 is 14.2 Å². The predicted molar refractivity (Wildman–Crippen MR) is 70.5 cm³/mol. The van der Waals surface area contributed by atoms with E-state index in [1.54, 1.807) is 14.2 Å². The van der Waals surface area contributed by atoms with Crippen LogP contribution in [0.15, 0.2) is 18.2 Å². The quantitative estimate of drug-likeness (QED) is 0.883. The Balaban J connectivity index is 2.16. The highest BCUT2D eigenvalue weighted by Gasteiger charge is 2.27. The van der Waals surface area contributed by atoms with Crippen LogP contribution in [0, 0.1) is 0 Å². The predicted octanol–water partition coefficient (Wildman–Crippen LogP) is 1.62. The van der Waals surface area contributed by atoms with E-state index in [-0.39, 0.29) is 5.54 Å². The Morgan fingerprint density at radius 1 is 1.22 bits per heavy atom. The first-order chi connectivity index (χ1) is 8.65. The van der Waals surface area contributed by atoms with E-state index in [1.807, 2.05) is 18.2 Å². The minimum Gasteiger partial charge on any atom is -0.497 e. The van der Waals surface area contributed by atoms with Crippen LogP contribution in [0.4, 0.5) is 0 Å². The first-order valence-electron chi connectivity index (χ1n) is 6.20. The maximum absolute atomic E-state index is 5.55. The van der Waals surface area contributed by atoms with Gasteiger partial charge in [-0.05, 0) is 31.0 Å². The lowest BCUT2D eigenvalue weighted by Gasteiger charge is -2.35. The second kappa shape index (κ2) is 5.59. The summed E-state index contributed by atoms with van der Waals surface area (Å²) in [6.07, 6.45) is 0.889. The van der Waals surface area contributed by atoms with Crippen LogP contribution < -0.4 is 14.8 Å². The average molecular weight is 251 g/mol. The third kappa shape index (κ3) is 3.15. The second-order valence-electron chi connectivity index (χ2n) is 4.94. The van der Waals surface area contributed by atoms with Crippen LogP contribution in [0.5, 0.6) is 11.5 Å². The molecule has 1 fully saturated rings. The van der Waals surface area contributed by atoms with Crippen molar-refractivity contribution in [2.75, 3.05) is 34.0 Å². The van der Waals surface area contributed by atoms with Crippen LogP contribution in [0.1, 0.15) is 12.5 Å². The molecule has 0 amide bonds. The van der Waals surface area contributed by atoms with Gasteiger partial charge in [-0.15, -0.1) is 0 Å².